The van der Waals surface area contributed by atoms with Crippen LogP contribution in [0.1, 0.15) is 84.5 Å². The van der Waals surface area contributed by atoms with Crippen LogP contribution in [0.25, 0.3) is 45.3 Å². The largest absolute Gasteiger partial charge is 0.462 e. The Morgan fingerprint density at radius 2 is 1.57 bits per heavy atom. The minimum Gasteiger partial charge on any atom is -0.462 e. The molecule has 0 amide bonds. The maximum absolute atomic E-state index is 12.9. The third-order valence-electron chi connectivity index (χ3n) is 11.4. The number of nitrogens with zero attached hydrogens (tertiary/aromatic N) is 1. The van der Waals surface area contributed by atoms with Gasteiger partial charge in [-0.25, -0.2) is 4.98 Å². The summed E-state index contributed by atoms with van der Waals surface area (Å²) in [6.45, 7) is 10.3. The van der Waals surface area contributed by atoms with E-state index in [1.165, 1.54) is 5.57 Å². The van der Waals surface area contributed by atoms with E-state index < -0.39 is 11.5 Å². The molecule has 0 unspecified atom stereocenters. The van der Waals surface area contributed by atoms with Gasteiger partial charge in [0.15, 0.2) is 0 Å². The smallest absolute Gasteiger partial charge is 0.311 e. The zero-order valence-corrected chi connectivity index (χ0v) is 31.4. The van der Waals surface area contributed by atoms with Crippen molar-refractivity contribution in [3.8, 4) is 0 Å². The van der Waals surface area contributed by atoms with Gasteiger partial charge in [-0.15, -0.1) is 0 Å². The van der Waals surface area contributed by atoms with E-state index in [1.54, 1.807) is 0 Å². The number of carbonyl (C=O) groups excluding carboxylic acids is 2. The molecule has 0 aromatic carbocycles. The number of H-pyrrole nitrogens is 3. The van der Waals surface area contributed by atoms with Crippen LogP contribution in [0.4, 0.5) is 0 Å². The molecular weight excluding hydrogens is 665 g/mol. The fraction of sp³-hybridized carbons (Fsp3) is 0.432. The molecule has 4 aromatic heterocycles. The number of aliphatic hydroxyl groups is 1. The van der Waals surface area contributed by atoms with Crippen molar-refractivity contribution in [3.63, 3.8) is 0 Å². The van der Waals surface area contributed by atoms with Crippen molar-refractivity contribution in [2.45, 2.75) is 91.5 Å². The molecule has 9 nitrogen and oxygen atoms in total. The van der Waals surface area contributed by atoms with Crippen LogP contribution in [-0.2, 0) is 19.1 Å². The summed E-state index contributed by atoms with van der Waals surface area (Å²) in [5.41, 5.74) is 9.01. The predicted octanol–water partition coefficient (Wildman–Crippen LogP) is 9.28. The second-order valence-corrected chi connectivity index (χ2v) is 16.0. The van der Waals surface area contributed by atoms with Crippen molar-refractivity contribution in [1.29, 1.82) is 0 Å². The SMILES string of the molecule is C1=Cc2nc1cc1ccc(cc3ccc(cc4ccc2[nH]4)[nH]3)[nH]1.CCC(C)(C)C(=O)O[C@H]1C[C@@H](C)C=C2C=C[C@H](C)[C@H](CC[C@@H]3C[C@@H](O)CC(=O)O3)[C@H]21. The fourth-order valence-corrected chi connectivity index (χ4v) is 8.02. The molecule has 0 spiro atoms. The first-order valence-corrected chi connectivity index (χ1v) is 19.2. The van der Waals surface area contributed by atoms with Crippen molar-refractivity contribution in [2.75, 3.05) is 0 Å². The number of rotatable bonds is 6. The number of nitrogens with one attached hydrogen (secondary N) is 3. The Morgan fingerprint density at radius 1 is 0.906 bits per heavy atom. The number of esters is 2. The summed E-state index contributed by atoms with van der Waals surface area (Å²) in [6.07, 6.45) is 13.7. The lowest BCUT2D eigenvalue weighted by molar-refractivity contribution is -0.166. The van der Waals surface area contributed by atoms with E-state index in [0.29, 0.717) is 24.2 Å². The minimum absolute atomic E-state index is 0.0949. The molecule has 278 valence electrons. The van der Waals surface area contributed by atoms with E-state index in [2.05, 4.69) is 107 Å². The molecule has 8 bridgehead atoms. The van der Waals surface area contributed by atoms with E-state index in [4.69, 9.17) is 9.47 Å². The molecule has 9 heteroatoms. The lowest BCUT2D eigenvalue weighted by atomic mass is 9.65. The van der Waals surface area contributed by atoms with Crippen LogP contribution in [0.5, 0.6) is 0 Å². The highest BCUT2D eigenvalue weighted by Gasteiger charge is 2.43. The third kappa shape index (κ3) is 8.51. The first-order chi connectivity index (χ1) is 25.4. The standard InChI is InChI=1S/C25H38O5.C19H14N4/c1-6-25(4,5)24(28)30-21-12-15(2)11-17-8-7-16(3)20(23(17)21)10-9-19-13-18(26)14-22(27)29-19;1-3-14-10-16-5-7-18(22-16)19-8-6-17(23-19)11-15-4-2-13(21-15)9-12(1)20-14/h7-8,11,15-16,18-21,23,26H,6,9-10,12-14H2,1-5H3;1-11,20-22H/t15-,16-,18+,19+,20-,21-,23-;/m0./s1. The second-order valence-electron chi connectivity index (χ2n) is 16.0. The topological polar surface area (TPSA) is 133 Å². The van der Waals surface area contributed by atoms with Gasteiger partial charge in [0.25, 0.3) is 0 Å². The molecule has 8 rings (SSSR count). The first-order valence-electron chi connectivity index (χ1n) is 19.2. The quantitative estimate of drug-likeness (QED) is 0.130. The molecule has 4 aliphatic rings. The summed E-state index contributed by atoms with van der Waals surface area (Å²) in [4.78, 5) is 39.4. The lowest BCUT2D eigenvalue weighted by Gasteiger charge is -2.44. The minimum atomic E-state index is -0.601. The summed E-state index contributed by atoms with van der Waals surface area (Å²) in [5.74, 6) is 0.776. The highest BCUT2D eigenvalue weighted by atomic mass is 16.6. The zero-order valence-electron chi connectivity index (χ0n) is 31.4. The van der Waals surface area contributed by atoms with Gasteiger partial charge in [-0.05, 0) is 130 Å². The highest BCUT2D eigenvalue weighted by molar-refractivity contribution is 5.82. The summed E-state index contributed by atoms with van der Waals surface area (Å²) in [7, 11) is 0. The van der Waals surface area contributed by atoms with Crippen LogP contribution in [0.2, 0.25) is 0 Å². The Balaban J connectivity index is 0.000000169. The van der Waals surface area contributed by atoms with Crippen LogP contribution < -0.4 is 0 Å². The van der Waals surface area contributed by atoms with Crippen molar-refractivity contribution in [3.05, 3.63) is 89.8 Å². The van der Waals surface area contributed by atoms with Gasteiger partial charge in [0.2, 0.25) is 0 Å². The molecule has 1 saturated heterocycles. The van der Waals surface area contributed by atoms with Gasteiger partial charge in [-0.2, -0.15) is 0 Å². The van der Waals surface area contributed by atoms with Gasteiger partial charge >= 0.3 is 11.9 Å². The number of fused-ring (bicyclic) bond motifs is 10. The molecule has 2 aliphatic heterocycles. The van der Waals surface area contributed by atoms with Gasteiger partial charge in [-0.3, -0.25) is 9.59 Å². The Bertz CT molecular complexity index is 2180. The van der Waals surface area contributed by atoms with Gasteiger partial charge < -0.3 is 29.5 Å². The fourth-order valence-electron chi connectivity index (χ4n) is 8.02. The average molecular weight is 717 g/mol. The Morgan fingerprint density at radius 3 is 2.25 bits per heavy atom. The number of carbonyl (C=O) groups is 2. The van der Waals surface area contributed by atoms with Gasteiger partial charge in [0.1, 0.15) is 12.2 Å². The molecule has 4 N–H and O–H groups in total. The number of cyclic esters (lactones) is 1. The Labute approximate surface area is 310 Å². The predicted molar refractivity (Wildman–Crippen MR) is 211 cm³/mol. The maximum atomic E-state index is 12.9. The van der Waals surface area contributed by atoms with Gasteiger partial charge in [0, 0.05) is 39.9 Å². The molecule has 53 heavy (non-hydrogen) atoms. The average Bonchev–Trinajstić information content (AvgIpc) is 3.94. The summed E-state index contributed by atoms with van der Waals surface area (Å²) >= 11 is 0. The summed E-state index contributed by atoms with van der Waals surface area (Å²) < 4.78 is 11.6. The maximum Gasteiger partial charge on any atom is 0.311 e. The molecule has 6 heterocycles. The molecular formula is C44H52N4O5. The van der Waals surface area contributed by atoms with Crippen LogP contribution in [0.3, 0.4) is 0 Å². The van der Waals surface area contributed by atoms with Gasteiger partial charge in [-0.1, -0.05) is 39.0 Å². The van der Waals surface area contributed by atoms with Crippen molar-refractivity contribution < 1.29 is 24.2 Å². The monoisotopic (exact) mass is 716 g/mol. The van der Waals surface area contributed by atoms with Gasteiger partial charge in [0.05, 0.1) is 34.8 Å². The van der Waals surface area contributed by atoms with Crippen LogP contribution in [0, 0.1) is 29.1 Å². The number of aromatic nitrogens is 4. The normalized spacial score (nSPS) is 26.0. The number of allylic oxidation sites excluding steroid dienone is 3. The number of aliphatic hydroxyl groups excluding tert-OH is 1. The highest BCUT2D eigenvalue weighted by Crippen LogP contribution is 2.45. The second kappa shape index (κ2) is 15.2. The molecule has 1 fully saturated rings. The number of hydrogen-bond acceptors (Lipinski definition) is 6. The zero-order chi connectivity index (χ0) is 37.3. The van der Waals surface area contributed by atoms with Crippen LogP contribution in [0.15, 0.2) is 78.4 Å². The number of aromatic amines is 3. The summed E-state index contributed by atoms with van der Waals surface area (Å²) in [5, 5.41) is 9.92. The van der Waals surface area contributed by atoms with E-state index >= 15 is 0 Å². The Kier molecular flexibility index (Phi) is 10.5. The third-order valence-corrected chi connectivity index (χ3v) is 11.4. The van der Waals surface area contributed by atoms with E-state index in [9.17, 15) is 14.7 Å². The molecule has 0 radical (unpaired) electrons. The van der Waals surface area contributed by atoms with E-state index in [1.807, 2.05) is 32.9 Å². The van der Waals surface area contributed by atoms with Crippen molar-refractivity contribution in [1.82, 2.24) is 19.9 Å². The van der Waals surface area contributed by atoms with Crippen molar-refractivity contribution in [2.24, 2.45) is 29.1 Å². The number of hydrogen-bond donors (Lipinski definition) is 4. The Hall–Kier alpha value is -4.89. The van der Waals surface area contributed by atoms with E-state index in [0.717, 1.165) is 70.2 Å². The van der Waals surface area contributed by atoms with E-state index in [-0.39, 0.29) is 36.5 Å². The molecule has 4 aromatic rings. The lowest BCUT2D eigenvalue weighted by Crippen LogP contribution is -2.43. The van der Waals surface area contributed by atoms with Crippen LogP contribution in [-0.4, -0.2) is 55.3 Å². The number of ether oxygens (including phenoxy) is 2. The molecule has 7 atom stereocenters. The van der Waals surface area contributed by atoms with Crippen LogP contribution >= 0.6 is 0 Å². The molecule has 2 aliphatic carbocycles. The molecule has 0 saturated carbocycles. The first kappa shape index (κ1) is 36.5. The summed E-state index contributed by atoms with van der Waals surface area (Å²) in [6, 6.07) is 18.7. The van der Waals surface area contributed by atoms with Crippen molar-refractivity contribution >= 4 is 57.2 Å².